The molecule has 0 fully saturated rings. The first-order chi connectivity index (χ1) is 8.00. The lowest BCUT2D eigenvalue weighted by molar-refractivity contribution is 0.609. The van der Waals surface area contributed by atoms with Gasteiger partial charge in [-0.15, -0.1) is 0 Å². The van der Waals surface area contributed by atoms with Crippen molar-refractivity contribution in [3.63, 3.8) is 0 Å². The van der Waals surface area contributed by atoms with Crippen molar-refractivity contribution < 1.29 is 8.42 Å². The molecule has 2 rings (SSSR count). The molecule has 1 aromatic heterocycles. The van der Waals surface area contributed by atoms with E-state index in [1.54, 1.807) is 42.7 Å². The summed E-state index contributed by atoms with van der Waals surface area (Å²) in [5.41, 5.74) is 6.01. The van der Waals surface area contributed by atoms with Gasteiger partial charge < -0.3 is 5.73 Å². The van der Waals surface area contributed by atoms with Crippen molar-refractivity contribution in [2.45, 2.75) is 4.90 Å². The van der Waals surface area contributed by atoms with Crippen LogP contribution in [0.4, 0.5) is 5.69 Å². The minimum absolute atomic E-state index is 0.136. The summed E-state index contributed by atoms with van der Waals surface area (Å²) in [5.74, 6) is 0. The van der Waals surface area contributed by atoms with E-state index in [9.17, 15) is 8.42 Å². The summed E-state index contributed by atoms with van der Waals surface area (Å²) in [6.45, 7) is 0. The van der Waals surface area contributed by atoms with Crippen molar-refractivity contribution in [2.24, 2.45) is 0 Å². The maximum Gasteiger partial charge on any atom is 0.261 e. The number of nitrogens with two attached hydrogens (primary N) is 1. The average molecular weight is 271 g/mol. The molecule has 0 aliphatic carbocycles. The molecule has 0 saturated heterocycles. The summed E-state index contributed by atoms with van der Waals surface area (Å²) in [4.78, 5) is 3.90. The second-order valence-corrected chi connectivity index (χ2v) is 5.60. The lowest BCUT2D eigenvalue weighted by atomic mass is 10.4. The molecule has 4 nitrogen and oxygen atoms in total. The third kappa shape index (κ3) is 5.33. The molecule has 0 spiro atoms. The zero-order valence-corrected chi connectivity index (χ0v) is 10.4. The molecule has 0 radical (unpaired) electrons. The number of hydrogen-bond donors (Lipinski definition) is 1. The zero-order valence-electron chi connectivity index (χ0n) is 8.82. The molecule has 0 bridgehead atoms. The van der Waals surface area contributed by atoms with Gasteiger partial charge in [-0.2, -0.15) is 0 Å². The number of nitrogen functional groups attached to an aromatic ring is 1. The highest BCUT2D eigenvalue weighted by molar-refractivity contribution is 8.13. The molecule has 2 N–H and O–H groups in total. The molecule has 0 aliphatic rings. The number of aromatic nitrogens is 1. The molecule has 6 heteroatoms. The summed E-state index contributed by atoms with van der Waals surface area (Å²) in [6, 6.07) is 11.5. The number of nitrogens with zero attached hydrogens (tertiary/aromatic N) is 1. The van der Waals surface area contributed by atoms with Crippen LogP contribution in [0.25, 0.3) is 0 Å². The summed E-state index contributed by atoms with van der Waals surface area (Å²) in [7, 11) is 1.50. The number of anilines is 1. The third-order valence-corrected chi connectivity index (χ3v) is 3.08. The van der Waals surface area contributed by atoms with Crippen molar-refractivity contribution in [1.82, 2.24) is 4.98 Å². The highest BCUT2D eigenvalue weighted by Gasteiger charge is 2.06. The fourth-order valence-corrected chi connectivity index (χ4v) is 1.75. The Hall–Kier alpha value is -1.59. The Bertz CT molecular complexity index is 544. The van der Waals surface area contributed by atoms with Gasteiger partial charge in [0, 0.05) is 23.1 Å². The van der Waals surface area contributed by atoms with E-state index in [1.165, 1.54) is 12.1 Å². The Kier molecular flexibility index (Phi) is 4.93. The monoisotopic (exact) mass is 270 g/mol. The lowest BCUT2D eigenvalue weighted by Crippen LogP contribution is -1.87. The summed E-state index contributed by atoms with van der Waals surface area (Å²) in [6.07, 6.45) is 3.30. The van der Waals surface area contributed by atoms with E-state index in [2.05, 4.69) is 4.98 Å². The Morgan fingerprint density at radius 2 is 1.71 bits per heavy atom. The van der Waals surface area contributed by atoms with Crippen LogP contribution in [-0.2, 0) is 9.05 Å². The maximum absolute atomic E-state index is 10.6. The molecule has 0 unspecified atom stereocenters. The summed E-state index contributed by atoms with van der Waals surface area (Å²) >= 11 is 0. The predicted molar refractivity (Wildman–Crippen MR) is 68.1 cm³/mol. The van der Waals surface area contributed by atoms with Crippen molar-refractivity contribution in [2.75, 3.05) is 5.73 Å². The van der Waals surface area contributed by atoms with Crippen LogP contribution in [-0.4, -0.2) is 13.4 Å². The van der Waals surface area contributed by atoms with Crippen LogP contribution < -0.4 is 5.73 Å². The SMILES string of the molecule is Nc1cccnc1.O=S(=O)(Cl)c1ccccc1. The number of pyridine rings is 1. The van der Waals surface area contributed by atoms with Crippen LogP contribution in [0, 0.1) is 0 Å². The van der Waals surface area contributed by atoms with Gasteiger partial charge in [-0.25, -0.2) is 8.42 Å². The van der Waals surface area contributed by atoms with E-state index < -0.39 is 9.05 Å². The quantitative estimate of drug-likeness (QED) is 0.807. The fourth-order valence-electron chi connectivity index (χ4n) is 0.959. The molecule has 1 heterocycles. The van der Waals surface area contributed by atoms with Crippen LogP contribution in [0.3, 0.4) is 0 Å². The van der Waals surface area contributed by atoms with Crippen LogP contribution >= 0.6 is 10.7 Å². The van der Waals surface area contributed by atoms with E-state index >= 15 is 0 Å². The first-order valence-corrected chi connectivity index (χ1v) is 6.96. The van der Waals surface area contributed by atoms with Gasteiger partial charge in [0.1, 0.15) is 0 Å². The number of benzene rings is 1. The normalized spacial score (nSPS) is 10.2. The van der Waals surface area contributed by atoms with E-state index in [-0.39, 0.29) is 4.90 Å². The Balaban J connectivity index is 0.000000181. The van der Waals surface area contributed by atoms with Gasteiger partial charge in [0.15, 0.2) is 0 Å². The van der Waals surface area contributed by atoms with Crippen molar-refractivity contribution in [3.8, 4) is 0 Å². The van der Waals surface area contributed by atoms with Crippen molar-refractivity contribution in [1.29, 1.82) is 0 Å². The first kappa shape index (κ1) is 13.5. The zero-order chi connectivity index (χ0) is 12.7. The Morgan fingerprint density at radius 3 is 2.00 bits per heavy atom. The van der Waals surface area contributed by atoms with Gasteiger partial charge in [0.05, 0.1) is 10.6 Å². The Morgan fingerprint density at radius 1 is 1.06 bits per heavy atom. The average Bonchev–Trinajstić information content (AvgIpc) is 2.31. The molecule has 0 aliphatic heterocycles. The predicted octanol–water partition coefficient (Wildman–Crippen LogP) is 2.28. The molecular formula is C11H11ClN2O2S. The topological polar surface area (TPSA) is 73.0 Å². The van der Waals surface area contributed by atoms with Crippen LogP contribution in [0.1, 0.15) is 0 Å². The summed E-state index contributed by atoms with van der Waals surface area (Å²) < 4.78 is 21.2. The first-order valence-electron chi connectivity index (χ1n) is 4.65. The van der Waals surface area contributed by atoms with Gasteiger partial charge in [-0.05, 0) is 24.3 Å². The maximum atomic E-state index is 10.6. The number of hydrogen-bond acceptors (Lipinski definition) is 4. The van der Waals surface area contributed by atoms with E-state index in [0.717, 1.165) is 0 Å². The lowest BCUT2D eigenvalue weighted by Gasteiger charge is -1.91. The molecule has 17 heavy (non-hydrogen) atoms. The second-order valence-electron chi connectivity index (χ2n) is 3.04. The van der Waals surface area contributed by atoms with Gasteiger partial charge in [0.25, 0.3) is 9.05 Å². The standard InChI is InChI=1S/C6H5ClO2S.C5H6N2/c7-10(8,9)6-4-2-1-3-5-6;6-5-2-1-3-7-4-5/h1-5H;1-4H,6H2. The smallest absolute Gasteiger partial charge is 0.261 e. The molecular weight excluding hydrogens is 260 g/mol. The number of rotatable bonds is 1. The van der Waals surface area contributed by atoms with Crippen molar-refractivity contribution in [3.05, 3.63) is 54.9 Å². The van der Waals surface area contributed by atoms with Gasteiger partial charge in [0.2, 0.25) is 0 Å². The molecule has 2 aromatic rings. The highest BCUT2D eigenvalue weighted by atomic mass is 35.7. The largest absolute Gasteiger partial charge is 0.397 e. The summed E-state index contributed by atoms with van der Waals surface area (Å²) in [5, 5.41) is 0. The minimum atomic E-state index is -3.53. The van der Waals surface area contributed by atoms with E-state index in [0.29, 0.717) is 5.69 Å². The fraction of sp³-hybridized carbons (Fsp3) is 0. The number of halogens is 1. The molecule has 0 atom stereocenters. The molecule has 0 amide bonds. The Labute approximate surface area is 104 Å². The molecule has 0 saturated carbocycles. The van der Waals surface area contributed by atoms with E-state index in [1.807, 2.05) is 0 Å². The molecule has 1 aromatic carbocycles. The van der Waals surface area contributed by atoms with Crippen LogP contribution in [0.2, 0.25) is 0 Å². The van der Waals surface area contributed by atoms with Crippen LogP contribution in [0.15, 0.2) is 59.8 Å². The van der Waals surface area contributed by atoms with Crippen LogP contribution in [0.5, 0.6) is 0 Å². The third-order valence-electron chi connectivity index (χ3n) is 1.71. The van der Waals surface area contributed by atoms with E-state index in [4.69, 9.17) is 16.4 Å². The molecule has 90 valence electrons. The highest BCUT2D eigenvalue weighted by Crippen LogP contribution is 2.12. The van der Waals surface area contributed by atoms with Gasteiger partial charge in [-0.1, -0.05) is 18.2 Å². The van der Waals surface area contributed by atoms with Gasteiger partial charge in [-0.3, -0.25) is 4.98 Å². The van der Waals surface area contributed by atoms with Crippen molar-refractivity contribution >= 4 is 25.4 Å². The van der Waals surface area contributed by atoms with Gasteiger partial charge >= 0.3 is 0 Å². The minimum Gasteiger partial charge on any atom is -0.397 e. The second kappa shape index (κ2) is 6.22.